The largest absolute Gasteiger partial charge is 0.528 e. The average molecular weight is 99.1 g/mol. The zero-order valence-corrected chi connectivity index (χ0v) is 3.87. The fraction of sp³-hybridized carbons (Fsp3) is 0. The molecule has 0 aromatic carbocycles. The summed E-state index contributed by atoms with van der Waals surface area (Å²) in [6.45, 7) is 0. The minimum absolute atomic E-state index is 1.27. The first-order valence-corrected chi connectivity index (χ1v) is 2.37. The monoisotopic (exact) mass is 99.0 g/mol. The molecule has 0 N–H and O–H groups in total. The molecule has 1 aliphatic heterocycles. The van der Waals surface area contributed by atoms with Gasteiger partial charge in [0.1, 0.15) is 0 Å². The Kier molecular flexibility index (Phi) is 1.22. The van der Waals surface area contributed by atoms with Crippen LogP contribution in [0.2, 0.25) is 0 Å². The van der Waals surface area contributed by atoms with Crippen molar-refractivity contribution < 1.29 is 4.18 Å². The molecule has 0 radical (unpaired) electrons. The molecule has 1 rings (SSSR count). The van der Waals surface area contributed by atoms with E-state index in [0.717, 1.165) is 0 Å². The van der Waals surface area contributed by atoms with E-state index in [4.69, 9.17) is 0 Å². The normalized spacial score (nSPS) is 17.3. The van der Waals surface area contributed by atoms with E-state index in [0.29, 0.717) is 0 Å². The van der Waals surface area contributed by atoms with Gasteiger partial charge in [-0.2, -0.15) is 12.2 Å². The van der Waals surface area contributed by atoms with Crippen LogP contribution in [0, 0.1) is 6.26 Å². The highest BCUT2D eigenvalue weighted by atomic mass is 32.2. The first-order valence-electron chi connectivity index (χ1n) is 1.56. The van der Waals surface area contributed by atoms with Gasteiger partial charge in [0.15, 0.2) is 0 Å². The van der Waals surface area contributed by atoms with Crippen LogP contribution in [0.3, 0.4) is 0 Å². The predicted octanol–water partition coefficient (Wildman–Crippen LogP) is 1.50. The third kappa shape index (κ3) is 0.792. The quantitative estimate of drug-likeness (QED) is 0.336. The van der Waals surface area contributed by atoms with Crippen LogP contribution in [0.25, 0.3) is 0 Å². The van der Waals surface area contributed by atoms with E-state index < -0.39 is 0 Å². The van der Waals surface area contributed by atoms with Crippen molar-refractivity contribution in [3.8, 4) is 0 Å². The summed E-state index contributed by atoms with van der Waals surface area (Å²) in [6.07, 6.45) is 6.12. The highest BCUT2D eigenvalue weighted by Crippen LogP contribution is 2.07. The Morgan fingerprint density at radius 1 is 1.67 bits per heavy atom. The predicted molar refractivity (Wildman–Crippen MR) is 25.6 cm³/mol. The van der Waals surface area contributed by atoms with Gasteiger partial charge in [0.25, 0.3) is 0 Å². The molecule has 0 atom stereocenters. The second-order valence-electron chi connectivity index (χ2n) is 0.793. The van der Waals surface area contributed by atoms with E-state index in [2.05, 4.69) is 10.4 Å². The first kappa shape index (κ1) is 3.81. The maximum atomic E-state index is 4.59. The van der Waals surface area contributed by atoms with Gasteiger partial charge < -0.3 is 4.18 Å². The molecule has 0 aliphatic carbocycles. The second-order valence-corrected chi connectivity index (χ2v) is 1.42. The van der Waals surface area contributed by atoms with Crippen LogP contribution in [0.15, 0.2) is 17.6 Å². The summed E-state index contributed by atoms with van der Waals surface area (Å²) >= 11 is 1.27. The van der Waals surface area contributed by atoms with Gasteiger partial charge in [-0.25, -0.2) is 0 Å². The Bertz CT molecular complexity index is 73.5. The van der Waals surface area contributed by atoms with E-state index in [1.165, 1.54) is 12.0 Å². The lowest BCUT2D eigenvalue weighted by Gasteiger charge is -2.02. The number of rotatable bonds is 0. The van der Waals surface area contributed by atoms with Gasteiger partial charge in [0.2, 0.25) is 0 Å². The zero-order valence-electron chi connectivity index (χ0n) is 3.05. The van der Waals surface area contributed by atoms with Crippen molar-refractivity contribution in [2.75, 3.05) is 0 Å². The Morgan fingerprint density at radius 3 is 2.83 bits per heavy atom. The fourth-order valence-corrected chi connectivity index (χ4v) is 0.503. The molecule has 0 saturated carbocycles. The van der Waals surface area contributed by atoms with Crippen LogP contribution >= 0.6 is 12.0 Å². The van der Waals surface area contributed by atoms with Crippen LogP contribution in [0.1, 0.15) is 0 Å². The van der Waals surface area contributed by atoms with Crippen molar-refractivity contribution in [2.24, 2.45) is 0 Å². The Hall–Kier alpha value is -0.370. The van der Waals surface area contributed by atoms with Crippen LogP contribution in [0.5, 0.6) is 0 Å². The molecule has 0 aromatic heterocycles. The number of hydrogen-bond acceptors (Lipinski definition) is 2. The smallest absolute Gasteiger partial charge is 0.0400 e. The molecule has 0 unspecified atom stereocenters. The molecule has 2 heteroatoms. The number of allylic oxidation sites excluding steroid dienone is 2. The molecule has 1 aliphatic rings. The minimum Gasteiger partial charge on any atom is -0.528 e. The van der Waals surface area contributed by atoms with E-state index in [9.17, 15) is 0 Å². The summed E-state index contributed by atoms with van der Waals surface area (Å²) in [7, 11) is 0. The van der Waals surface area contributed by atoms with E-state index >= 15 is 0 Å². The third-order valence-electron chi connectivity index (χ3n) is 0.395. The van der Waals surface area contributed by atoms with E-state index in [1.54, 1.807) is 6.08 Å². The summed E-state index contributed by atoms with van der Waals surface area (Å²) in [5, 5.41) is 1.84. The Balaban J connectivity index is 2.46. The lowest BCUT2D eigenvalue weighted by atomic mass is 10.6. The SMILES string of the molecule is [C-]1=CC=CSO1. The summed E-state index contributed by atoms with van der Waals surface area (Å²) in [5.74, 6) is 0. The van der Waals surface area contributed by atoms with Gasteiger partial charge in [-0.1, -0.05) is 11.7 Å². The fourth-order valence-electron chi connectivity index (χ4n) is 0.194. The van der Waals surface area contributed by atoms with Gasteiger partial charge in [-0.05, 0) is 0 Å². The van der Waals surface area contributed by atoms with Crippen molar-refractivity contribution in [1.82, 2.24) is 0 Å². The maximum Gasteiger partial charge on any atom is 0.0400 e. The topological polar surface area (TPSA) is 9.23 Å². The van der Waals surface area contributed by atoms with Gasteiger partial charge in [0, 0.05) is 12.0 Å². The lowest BCUT2D eigenvalue weighted by Crippen LogP contribution is -1.65. The molecular weight excluding hydrogens is 96.1 g/mol. The minimum atomic E-state index is 1.27. The van der Waals surface area contributed by atoms with Crippen molar-refractivity contribution in [2.45, 2.75) is 0 Å². The lowest BCUT2D eigenvalue weighted by molar-refractivity contribution is 0.536. The molecule has 0 aromatic rings. The first-order chi connectivity index (χ1) is 3.00. The third-order valence-corrected chi connectivity index (χ3v) is 0.855. The highest BCUT2D eigenvalue weighted by Gasteiger charge is 1.67. The molecule has 0 saturated heterocycles. The van der Waals surface area contributed by atoms with E-state index in [-0.39, 0.29) is 0 Å². The van der Waals surface area contributed by atoms with Crippen molar-refractivity contribution >= 4 is 12.0 Å². The van der Waals surface area contributed by atoms with Gasteiger partial charge in [-0.15, -0.1) is 0 Å². The van der Waals surface area contributed by atoms with Crippen LogP contribution in [-0.2, 0) is 4.18 Å². The van der Waals surface area contributed by atoms with Crippen LogP contribution < -0.4 is 0 Å². The molecule has 0 spiro atoms. The number of hydrogen-bond donors (Lipinski definition) is 0. The summed E-state index contributed by atoms with van der Waals surface area (Å²) in [5.41, 5.74) is 0. The van der Waals surface area contributed by atoms with Gasteiger partial charge in [-0.3, -0.25) is 0 Å². The Labute approximate surface area is 40.9 Å². The van der Waals surface area contributed by atoms with Gasteiger partial charge in [0.05, 0.1) is 0 Å². The summed E-state index contributed by atoms with van der Waals surface area (Å²) in [4.78, 5) is 0. The van der Waals surface area contributed by atoms with Crippen LogP contribution in [-0.4, -0.2) is 0 Å². The summed E-state index contributed by atoms with van der Waals surface area (Å²) < 4.78 is 4.59. The van der Waals surface area contributed by atoms with E-state index in [1.807, 2.05) is 11.5 Å². The molecule has 0 bridgehead atoms. The molecule has 32 valence electrons. The van der Waals surface area contributed by atoms with Crippen molar-refractivity contribution in [3.63, 3.8) is 0 Å². The Morgan fingerprint density at radius 2 is 2.67 bits per heavy atom. The zero-order chi connectivity index (χ0) is 4.24. The molecule has 0 fully saturated rings. The molecule has 0 amide bonds. The molecule has 6 heavy (non-hydrogen) atoms. The molecular formula is C4H3OS-. The molecule has 1 heterocycles. The van der Waals surface area contributed by atoms with Gasteiger partial charge >= 0.3 is 0 Å². The van der Waals surface area contributed by atoms with Crippen molar-refractivity contribution in [3.05, 3.63) is 23.8 Å². The highest BCUT2D eigenvalue weighted by molar-refractivity contribution is 7.97. The standard InChI is InChI=1S/C4H3OS/c1-2-4-6-5-3-1/h1-2,4H/q-1. The maximum absolute atomic E-state index is 4.59. The average Bonchev–Trinajstić information content (AvgIpc) is 1.72. The summed E-state index contributed by atoms with van der Waals surface area (Å²) in [6, 6.07) is 0. The molecule has 1 nitrogen and oxygen atoms in total. The van der Waals surface area contributed by atoms with Crippen LogP contribution in [0.4, 0.5) is 0 Å². The second kappa shape index (κ2) is 1.92. The van der Waals surface area contributed by atoms with Crippen molar-refractivity contribution in [1.29, 1.82) is 0 Å².